The van der Waals surface area contributed by atoms with Gasteiger partial charge in [0.05, 0.1) is 0 Å². The first kappa shape index (κ1) is 4.61. The summed E-state index contributed by atoms with van der Waals surface area (Å²) >= 11 is 0. The van der Waals surface area contributed by atoms with Crippen molar-refractivity contribution in [2.24, 2.45) is 7.05 Å². The molecule has 46 valence electrons. The second kappa shape index (κ2) is 1.37. The van der Waals surface area contributed by atoms with Crippen LogP contribution in [-0.2, 0) is 7.05 Å². The highest BCUT2D eigenvalue weighted by molar-refractivity contribution is 5.37. The summed E-state index contributed by atoms with van der Waals surface area (Å²) in [5.41, 5.74) is 1.12. The molecule has 0 N–H and O–H groups in total. The number of fused-ring (bicyclic) bond motifs is 1. The Labute approximate surface area is 52.5 Å². The highest BCUT2D eigenvalue weighted by atomic mass is 15.3. The van der Waals surface area contributed by atoms with Crippen molar-refractivity contribution in [1.29, 1.82) is 0 Å². The van der Waals surface area contributed by atoms with Crippen molar-refractivity contribution in [2.75, 3.05) is 0 Å². The molecule has 0 aliphatic rings. The Morgan fingerprint density at radius 3 is 3.22 bits per heavy atom. The Balaban J connectivity index is 2.99. The molecule has 0 bridgehead atoms. The molecule has 0 aliphatic heterocycles. The molecule has 0 spiro atoms. The molecule has 2 rings (SSSR count). The number of rotatable bonds is 0. The van der Waals surface area contributed by atoms with E-state index < -0.39 is 0 Å². The fourth-order valence-electron chi connectivity index (χ4n) is 0.932. The predicted molar refractivity (Wildman–Crippen MR) is 34.2 cm³/mol. The lowest BCUT2D eigenvalue weighted by Crippen LogP contribution is -1.82. The molecule has 0 amide bonds. The number of hydrogen-bond donors (Lipinski definition) is 0. The van der Waals surface area contributed by atoms with Gasteiger partial charge in [-0.15, -0.1) is 0 Å². The molecule has 0 unspecified atom stereocenters. The van der Waals surface area contributed by atoms with E-state index in [1.807, 2.05) is 34.5 Å². The molecule has 0 saturated carbocycles. The summed E-state index contributed by atoms with van der Waals surface area (Å²) in [6, 6.07) is 4.00. The molecule has 0 fully saturated rings. The van der Waals surface area contributed by atoms with E-state index in [9.17, 15) is 0 Å². The van der Waals surface area contributed by atoms with Gasteiger partial charge in [0.25, 0.3) is 0 Å². The van der Waals surface area contributed by atoms with Crippen LogP contribution < -0.4 is 0 Å². The van der Waals surface area contributed by atoms with E-state index >= 15 is 0 Å². The number of hydrogen-bond acceptors (Lipinski definition) is 1. The monoisotopic (exact) mass is 121 g/mol. The molecule has 0 aromatic carbocycles. The first-order valence-corrected chi connectivity index (χ1v) is 2.82. The van der Waals surface area contributed by atoms with Crippen molar-refractivity contribution in [2.45, 2.75) is 0 Å². The van der Waals surface area contributed by atoms with Crippen molar-refractivity contribution in [3.63, 3.8) is 0 Å². The van der Waals surface area contributed by atoms with Gasteiger partial charge < -0.3 is 4.57 Å². The Kier molecular flexibility index (Phi) is 0.704. The normalized spacial score (nSPS) is 10.8. The van der Waals surface area contributed by atoms with Gasteiger partial charge in [0.2, 0.25) is 0 Å². The minimum atomic E-state index is 1.12. The number of aromatic nitrogens is 3. The van der Waals surface area contributed by atoms with Gasteiger partial charge in [-0.2, -0.15) is 5.10 Å². The molecule has 9 heavy (non-hydrogen) atoms. The minimum absolute atomic E-state index is 1.12. The van der Waals surface area contributed by atoms with Crippen LogP contribution >= 0.6 is 0 Å². The van der Waals surface area contributed by atoms with Crippen LogP contribution in [0.3, 0.4) is 0 Å². The predicted octanol–water partition coefficient (Wildman–Crippen LogP) is 0.673. The van der Waals surface area contributed by atoms with E-state index in [0.717, 1.165) is 5.65 Å². The van der Waals surface area contributed by atoms with E-state index in [1.165, 1.54) is 0 Å². The van der Waals surface area contributed by atoms with Crippen molar-refractivity contribution in [1.82, 2.24) is 14.2 Å². The third-order valence-corrected chi connectivity index (χ3v) is 1.42. The third-order valence-electron chi connectivity index (χ3n) is 1.42. The molecule has 0 saturated heterocycles. The van der Waals surface area contributed by atoms with Crippen LogP contribution in [0.15, 0.2) is 24.7 Å². The van der Waals surface area contributed by atoms with Crippen LogP contribution in [-0.4, -0.2) is 14.2 Å². The molecular weight excluding hydrogens is 114 g/mol. The Morgan fingerprint density at radius 2 is 2.44 bits per heavy atom. The van der Waals surface area contributed by atoms with E-state index in [4.69, 9.17) is 0 Å². The van der Waals surface area contributed by atoms with Crippen LogP contribution in [0.4, 0.5) is 0 Å². The topological polar surface area (TPSA) is 22.2 Å². The second-order valence-corrected chi connectivity index (χ2v) is 2.05. The summed E-state index contributed by atoms with van der Waals surface area (Å²) in [6.07, 6.45) is 3.71. The van der Waals surface area contributed by atoms with E-state index in [2.05, 4.69) is 5.10 Å². The minimum Gasteiger partial charge on any atom is -0.319 e. The zero-order chi connectivity index (χ0) is 6.27. The lowest BCUT2D eigenvalue weighted by atomic mass is 10.6. The van der Waals surface area contributed by atoms with Gasteiger partial charge in [-0.3, -0.25) is 0 Å². The molecule has 2 heterocycles. The maximum absolute atomic E-state index is 4.06. The summed E-state index contributed by atoms with van der Waals surface area (Å²) in [6.45, 7) is 0. The molecule has 3 heteroatoms. The molecule has 0 aliphatic carbocycles. The molecule has 2 aromatic heterocycles. The lowest BCUT2D eigenvalue weighted by molar-refractivity contribution is 0.943. The fraction of sp³-hybridized carbons (Fsp3) is 0.167. The van der Waals surface area contributed by atoms with Gasteiger partial charge >= 0.3 is 0 Å². The molecule has 2 aromatic rings. The quantitative estimate of drug-likeness (QED) is 0.502. The fourth-order valence-corrected chi connectivity index (χ4v) is 0.932. The van der Waals surface area contributed by atoms with E-state index in [1.54, 1.807) is 6.33 Å². The van der Waals surface area contributed by atoms with Gasteiger partial charge in [-0.25, -0.2) is 4.52 Å². The maximum Gasteiger partial charge on any atom is 0.135 e. The van der Waals surface area contributed by atoms with Crippen molar-refractivity contribution < 1.29 is 0 Å². The first-order valence-electron chi connectivity index (χ1n) is 2.82. The highest BCUT2D eigenvalue weighted by Crippen LogP contribution is 1.99. The zero-order valence-corrected chi connectivity index (χ0v) is 5.15. The summed E-state index contributed by atoms with van der Waals surface area (Å²) < 4.78 is 3.81. The van der Waals surface area contributed by atoms with Gasteiger partial charge in [-0.1, -0.05) is 0 Å². The smallest absolute Gasteiger partial charge is 0.135 e. The van der Waals surface area contributed by atoms with Gasteiger partial charge in [0.1, 0.15) is 12.0 Å². The average molecular weight is 121 g/mol. The van der Waals surface area contributed by atoms with E-state index in [-0.39, 0.29) is 0 Å². The van der Waals surface area contributed by atoms with Gasteiger partial charge in [0, 0.05) is 13.2 Å². The third kappa shape index (κ3) is 0.483. The van der Waals surface area contributed by atoms with Crippen LogP contribution in [0.2, 0.25) is 0 Å². The second-order valence-electron chi connectivity index (χ2n) is 2.05. The standard InChI is InChI=1S/C6H7N3/c1-8-5-7-9-4-2-3-6(8)9/h2-5H,1H3. The SMILES string of the molecule is Cn1cnn2cccc12. The highest BCUT2D eigenvalue weighted by Gasteiger charge is 1.93. The van der Waals surface area contributed by atoms with Crippen LogP contribution in [0, 0.1) is 0 Å². The Morgan fingerprint density at radius 1 is 1.56 bits per heavy atom. The molecule has 0 atom stereocenters. The van der Waals surface area contributed by atoms with Gasteiger partial charge in [0.15, 0.2) is 0 Å². The Hall–Kier alpha value is -1.25. The van der Waals surface area contributed by atoms with Crippen molar-refractivity contribution in [3.8, 4) is 0 Å². The first-order chi connectivity index (χ1) is 4.38. The zero-order valence-electron chi connectivity index (χ0n) is 5.15. The molecular formula is C6H7N3. The number of aryl methyl sites for hydroxylation is 1. The van der Waals surface area contributed by atoms with Crippen molar-refractivity contribution in [3.05, 3.63) is 24.7 Å². The molecule has 3 nitrogen and oxygen atoms in total. The lowest BCUT2D eigenvalue weighted by Gasteiger charge is -1.84. The van der Waals surface area contributed by atoms with Crippen molar-refractivity contribution >= 4 is 5.65 Å². The molecule has 0 radical (unpaired) electrons. The van der Waals surface area contributed by atoms with Crippen LogP contribution in [0.25, 0.3) is 5.65 Å². The summed E-state index contributed by atoms with van der Waals surface area (Å²) in [4.78, 5) is 0. The van der Waals surface area contributed by atoms with Gasteiger partial charge in [-0.05, 0) is 12.1 Å². The summed E-state index contributed by atoms with van der Waals surface area (Å²) in [7, 11) is 1.97. The summed E-state index contributed by atoms with van der Waals surface area (Å²) in [5.74, 6) is 0. The maximum atomic E-state index is 4.06. The Bertz CT molecular complexity index is 317. The largest absolute Gasteiger partial charge is 0.319 e. The van der Waals surface area contributed by atoms with E-state index in [0.29, 0.717) is 0 Å². The van der Waals surface area contributed by atoms with Crippen LogP contribution in [0.5, 0.6) is 0 Å². The summed E-state index contributed by atoms with van der Waals surface area (Å²) in [5, 5.41) is 4.06. The number of nitrogens with zero attached hydrogens (tertiary/aromatic N) is 3. The van der Waals surface area contributed by atoms with Crippen LogP contribution in [0.1, 0.15) is 0 Å². The average Bonchev–Trinajstić information content (AvgIpc) is 2.35.